The van der Waals surface area contributed by atoms with E-state index in [-0.39, 0.29) is 5.56 Å². The van der Waals surface area contributed by atoms with Gasteiger partial charge in [-0.1, -0.05) is 11.9 Å². The van der Waals surface area contributed by atoms with Crippen molar-refractivity contribution >= 4 is 22.9 Å². The lowest BCUT2D eigenvalue weighted by Gasteiger charge is -2.12. The van der Waals surface area contributed by atoms with Gasteiger partial charge in [0, 0.05) is 16.9 Å². The minimum atomic E-state index is -4.76. The molecule has 0 saturated carbocycles. The monoisotopic (exact) mass is 238 g/mol. The molecule has 0 aromatic carbocycles. The number of aromatic nitrogens is 1. The molecule has 1 aromatic heterocycles. The van der Waals surface area contributed by atoms with Crippen LogP contribution in [0.2, 0.25) is 0 Å². The quantitative estimate of drug-likeness (QED) is 0.723. The zero-order valence-corrected chi connectivity index (χ0v) is 7.56. The van der Waals surface area contributed by atoms with E-state index in [2.05, 4.69) is 20.9 Å². The molecule has 0 fully saturated rings. The molecule has 0 aliphatic carbocycles. The van der Waals surface area contributed by atoms with Crippen LogP contribution in [0.1, 0.15) is 5.56 Å². The van der Waals surface area contributed by atoms with Crippen LogP contribution in [-0.2, 0) is 6.32 Å². The van der Waals surface area contributed by atoms with Gasteiger partial charge in [-0.05, 0) is 22.0 Å². The Labute approximate surface area is 76.2 Å². The maximum absolute atomic E-state index is 11.9. The maximum Gasteiger partial charge on any atom is 0.482 e. The first kappa shape index (κ1) is 9.57. The molecule has 0 bridgehead atoms. The third-order valence-electron chi connectivity index (χ3n) is 1.23. The summed E-state index contributed by atoms with van der Waals surface area (Å²) in [5, 5.41) is 0. The molecule has 0 aliphatic heterocycles. The van der Waals surface area contributed by atoms with Crippen molar-refractivity contribution in [1.29, 1.82) is 0 Å². The van der Waals surface area contributed by atoms with Crippen LogP contribution in [0.3, 0.4) is 0 Å². The highest BCUT2D eigenvalue weighted by molar-refractivity contribution is 9.10. The normalized spacial score (nSPS) is 11.7. The first-order valence-corrected chi connectivity index (χ1v) is 4.07. The number of nitrogens with zero attached hydrogens (tertiary/aromatic N) is 1. The molecule has 0 atom stereocenters. The van der Waals surface area contributed by atoms with Crippen LogP contribution in [0.25, 0.3) is 0 Å². The van der Waals surface area contributed by atoms with Gasteiger partial charge in [0.2, 0.25) is 0 Å². The zero-order chi connectivity index (χ0) is 9.19. The molecular formula is C6H5BBrF3N-. The van der Waals surface area contributed by atoms with Crippen LogP contribution < -0.4 is 0 Å². The number of halogens is 4. The van der Waals surface area contributed by atoms with Crippen molar-refractivity contribution in [3.63, 3.8) is 0 Å². The van der Waals surface area contributed by atoms with Gasteiger partial charge in [-0.2, -0.15) is 0 Å². The van der Waals surface area contributed by atoms with E-state index in [1.165, 1.54) is 18.5 Å². The van der Waals surface area contributed by atoms with E-state index in [4.69, 9.17) is 0 Å². The second-order valence-corrected chi connectivity index (χ2v) is 3.34. The van der Waals surface area contributed by atoms with E-state index < -0.39 is 13.3 Å². The minimum Gasteiger partial charge on any atom is -0.449 e. The fourth-order valence-electron chi connectivity index (χ4n) is 0.835. The summed E-state index contributed by atoms with van der Waals surface area (Å²) in [6.07, 6.45) is 1.80. The van der Waals surface area contributed by atoms with Crippen LogP contribution in [0.5, 0.6) is 0 Å². The van der Waals surface area contributed by atoms with Crippen molar-refractivity contribution in [2.24, 2.45) is 0 Å². The van der Waals surface area contributed by atoms with E-state index in [9.17, 15) is 12.9 Å². The summed E-state index contributed by atoms with van der Waals surface area (Å²) in [4.78, 5) is 3.63. The summed E-state index contributed by atoms with van der Waals surface area (Å²) in [7, 11) is 0. The summed E-state index contributed by atoms with van der Waals surface area (Å²) in [6, 6.07) is 1.42. The fraction of sp³-hybridized carbons (Fsp3) is 0.167. The van der Waals surface area contributed by atoms with Gasteiger partial charge in [0.25, 0.3) is 0 Å². The molecule has 0 aliphatic rings. The van der Waals surface area contributed by atoms with E-state index in [0.29, 0.717) is 4.47 Å². The molecule has 0 spiro atoms. The van der Waals surface area contributed by atoms with Crippen molar-refractivity contribution in [1.82, 2.24) is 4.98 Å². The first-order valence-electron chi connectivity index (χ1n) is 3.28. The van der Waals surface area contributed by atoms with Gasteiger partial charge in [0.1, 0.15) is 0 Å². The molecule has 0 amide bonds. The molecule has 6 heteroatoms. The van der Waals surface area contributed by atoms with Crippen LogP contribution in [0, 0.1) is 0 Å². The largest absolute Gasteiger partial charge is 0.482 e. The summed E-state index contributed by atoms with van der Waals surface area (Å²) >= 11 is 3.05. The Morgan fingerprint density at radius 3 is 2.50 bits per heavy atom. The molecular weight excluding hydrogens is 234 g/mol. The smallest absolute Gasteiger partial charge is 0.449 e. The highest BCUT2D eigenvalue weighted by Gasteiger charge is 2.23. The predicted octanol–water partition coefficient (Wildman–Crippen LogP) is 2.77. The van der Waals surface area contributed by atoms with Gasteiger partial charge in [-0.3, -0.25) is 4.98 Å². The Balaban J connectivity index is 2.77. The summed E-state index contributed by atoms with van der Waals surface area (Å²) in [5.74, 6) is 0. The van der Waals surface area contributed by atoms with Crippen LogP contribution in [0.15, 0.2) is 22.9 Å². The minimum absolute atomic E-state index is 0.192. The number of hydrogen-bond donors (Lipinski definition) is 0. The molecule has 1 nitrogen and oxygen atoms in total. The van der Waals surface area contributed by atoms with Crippen molar-refractivity contribution in [2.75, 3.05) is 0 Å². The summed E-state index contributed by atoms with van der Waals surface area (Å²) in [5.41, 5.74) is 0.192. The Hall–Kier alpha value is -0.515. The Morgan fingerprint density at radius 1 is 1.33 bits per heavy atom. The summed E-state index contributed by atoms with van der Waals surface area (Å²) < 4.78 is 36.2. The number of rotatable bonds is 2. The van der Waals surface area contributed by atoms with Gasteiger partial charge in [0.15, 0.2) is 0 Å². The van der Waals surface area contributed by atoms with Crippen molar-refractivity contribution < 1.29 is 12.9 Å². The third-order valence-corrected chi connectivity index (χ3v) is 1.66. The average Bonchev–Trinajstić information content (AvgIpc) is 1.82. The molecule has 1 heterocycles. The number of pyridine rings is 1. The summed E-state index contributed by atoms with van der Waals surface area (Å²) in [6.45, 7) is -4.76. The van der Waals surface area contributed by atoms with Gasteiger partial charge < -0.3 is 12.9 Å². The molecule has 0 N–H and O–H groups in total. The van der Waals surface area contributed by atoms with Crippen LogP contribution in [-0.4, -0.2) is 12.0 Å². The van der Waals surface area contributed by atoms with Gasteiger partial charge in [-0.25, -0.2) is 0 Å². The highest BCUT2D eigenvalue weighted by Crippen LogP contribution is 2.17. The van der Waals surface area contributed by atoms with Crippen molar-refractivity contribution in [3.8, 4) is 0 Å². The molecule has 12 heavy (non-hydrogen) atoms. The second kappa shape index (κ2) is 3.47. The zero-order valence-electron chi connectivity index (χ0n) is 5.98. The third kappa shape index (κ3) is 3.25. The average molecular weight is 239 g/mol. The van der Waals surface area contributed by atoms with Crippen LogP contribution in [0.4, 0.5) is 12.9 Å². The highest BCUT2D eigenvalue weighted by atomic mass is 79.9. The molecule has 0 unspecified atom stereocenters. The SMILES string of the molecule is F[B-](F)(F)Cc1cncc(Br)c1. The molecule has 0 saturated heterocycles. The molecule has 0 radical (unpaired) electrons. The standard InChI is InChI=1S/C6H5BBrF3N/c8-6-1-5(3-12-4-6)2-7(9,10)11/h1,3-4H,2H2/q-1. The topological polar surface area (TPSA) is 12.9 Å². The Morgan fingerprint density at radius 2 is 2.00 bits per heavy atom. The molecule has 1 rings (SSSR count). The van der Waals surface area contributed by atoms with E-state index in [0.717, 1.165) is 0 Å². The van der Waals surface area contributed by atoms with Gasteiger partial charge in [-0.15, -0.1) is 0 Å². The van der Waals surface area contributed by atoms with E-state index in [1.54, 1.807) is 0 Å². The first-order chi connectivity index (χ1) is 5.47. The predicted molar refractivity (Wildman–Crippen MR) is 44.7 cm³/mol. The lowest BCUT2D eigenvalue weighted by Crippen LogP contribution is -2.19. The maximum atomic E-state index is 11.9. The Bertz CT molecular complexity index is 276. The Kier molecular flexibility index (Phi) is 2.77. The lowest BCUT2D eigenvalue weighted by molar-refractivity contribution is 0.468. The van der Waals surface area contributed by atoms with Gasteiger partial charge >= 0.3 is 6.98 Å². The lowest BCUT2D eigenvalue weighted by atomic mass is 9.82. The van der Waals surface area contributed by atoms with Gasteiger partial charge in [0.05, 0.1) is 0 Å². The van der Waals surface area contributed by atoms with Crippen molar-refractivity contribution in [3.05, 3.63) is 28.5 Å². The molecule has 66 valence electrons. The molecule has 1 aromatic rings. The van der Waals surface area contributed by atoms with E-state index in [1.807, 2.05) is 0 Å². The second-order valence-electron chi connectivity index (χ2n) is 2.43. The van der Waals surface area contributed by atoms with E-state index >= 15 is 0 Å². The number of hydrogen-bond acceptors (Lipinski definition) is 1. The fourth-order valence-corrected chi connectivity index (χ4v) is 1.25. The van der Waals surface area contributed by atoms with Crippen molar-refractivity contribution in [2.45, 2.75) is 6.32 Å². The van der Waals surface area contributed by atoms with Crippen LogP contribution >= 0.6 is 15.9 Å².